The van der Waals surface area contributed by atoms with Gasteiger partial charge in [-0.15, -0.1) is 0 Å². The molecule has 1 amide bonds. The van der Waals surface area contributed by atoms with Crippen molar-refractivity contribution in [2.75, 3.05) is 6.54 Å². The second kappa shape index (κ2) is 5.17. The fourth-order valence-electron chi connectivity index (χ4n) is 2.75. The van der Waals surface area contributed by atoms with E-state index in [-0.39, 0.29) is 12.2 Å². The van der Waals surface area contributed by atoms with Crippen LogP contribution in [-0.2, 0) is 4.79 Å². The van der Waals surface area contributed by atoms with Crippen molar-refractivity contribution in [1.82, 2.24) is 10.2 Å². The molecule has 3 heteroatoms. The van der Waals surface area contributed by atoms with E-state index in [2.05, 4.69) is 24.1 Å². The molecule has 2 rings (SSSR count). The van der Waals surface area contributed by atoms with Crippen LogP contribution in [0.1, 0.15) is 52.4 Å². The normalized spacial score (nSPS) is 30.9. The van der Waals surface area contributed by atoms with Crippen molar-refractivity contribution in [3.05, 3.63) is 0 Å². The summed E-state index contributed by atoms with van der Waals surface area (Å²) in [4.78, 5) is 14.2. The highest BCUT2D eigenvalue weighted by Gasteiger charge is 2.36. The van der Waals surface area contributed by atoms with Gasteiger partial charge in [-0.1, -0.05) is 33.1 Å². The quantitative estimate of drug-likeness (QED) is 0.776. The highest BCUT2D eigenvalue weighted by atomic mass is 16.2. The number of carbonyl (C=O) groups is 1. The van der Waals surface area contributed by atoms with Crippen LogP contribution in [-0.4, -0.2) is 29.6 Å². The molecular formula is C13H24N2O. The average molecular weight is 224 g/mol. The van der Waals surface area contributed by atoms with Gasteiger partial charge in [-0.25, -0.2) is 0 Å². The molecule has 2 fully saturated rings. The Bertz CT molecular complexity index is 250. The minimum absolute atomic E-state index is 0.0753. The molecule has 0 aromatic heterocycles. The summed E-state index contributed by atoms with van der Waals surface area (Å²) in [5, 5.41) is 3.43. The predicted octanol–water partition coefficient (Wildman–Crippen LogP) is 2.12. The monoisotopic (exact) mass is 224 g/mol. The van der Waals surface area contributed by atoms with Crippen molar-refractivity contribution < 1.29 is 4.79 Å². The third-order valence-electron chi connectivity index (χ3n) is 4.15. The lowest BCUT2D eigenvalue weighted by atomic mass is 9.83. The first-order chi connectivity index (χ1) is 7.76. The average Bonchev–Trinajstić information content (AvgIpc) is 2.53. The van der Waals surface area contributed by atoms with E-state index in [0.29, 0.717) is 5.91 Å². The Kier molecular flexibility index (Phi) is 3.85. The number of nitrogens with zero attached hydrogens (tertiary/aromatic N) is 1. The van der Waals surface area contributed by atoms with E-state index in [1.165, 1.54) is 25.7 Å². The molecule has 0 bridgehead atoms. The lowest BCUT2D eigenvalue weighted by molar-refractivity contribution is -0.130. The number of hydrogen-bond donors (Lipinski definition) is 1. The van der Waals surface area contributed by atoms with Gasteiger partial charge in [-0.3, -0.25) is 10.1 Å². The second-order valence-electron chi connectivity index (χ2n) is 5.17. The number of rotatable bonds is 5. The second-order valence-corrected chi connectivity index (χ2v) is 5.17. The van der Waals surface area contributed by atoms with Crippen LogP contribution in [0, 0.1) is 5.92 Å². The van der Waals surface area contributed by atoms with Crippen LogP contribution < -0.4 is 5.32 Å². The molecule has 1 N–H and O–H groups in total. The van der Waals surface area contributed by atoms with Crippen LogP contribution >= 0.6 is 0 Å². The van der Waals surface area contributed by atoms with E-state index in [1.54, 1.807) is 0 Å². The summed E-state index contributed by atoms with van der Waals surface area (Å²) in [5.74, 6) is 1.22. The largest absolute Gasteiger partial charge is 0.326 e. The fourth-order valence-corrected chi connectivity index (χ4v) is 2.75. The molecule has 1 aliphatic carbocycles. The number of nitrogens with one attached hydrogen (secondary N) is 1. The van der Waals surface area contributed by atoms with E-state index >= 15 is 0 Å². The molecule has 1 aliphatic heterocycles. The van der Waals surface area contributed by atoms with Crippen LogP contribution in [0.4, 0.5) is 0 Å². The zero-order valence-electron chi connectivity index (χ0n) is 10.5. The van der Waals surface area contributed by atoms with Crippen molar-refractivity contribution in [3.63, 3.8) is 0 Å². The van der Waals surface area contributed by atoms with Gasteiger partial charge in [0, 0.05) is 6.54 Å². The molecule has 0 spiro atoms. The fraction of sp³-hybridized carbons (Fsp3) is 0.923. The van der Waals surface area contributed by atoms with E-state index in [0.717, 1.165) is 25.3 Å². The molecule has 92 valence electrons. The summed E-state index contributed by atoms with van der Waals surface area (Å²) in [6, 6.07) is 0.0753. The summed E-state index contributed by atoms with van der Waals surface area (Å²) in [5.41, 5.74) is 0. The Morgan fingerprint density at radius 3 is 2.56 bits per heavy atom. The molecule has 2 atom stereocenters. The number of carbonyl (C=O) groups excluding carboxylic acids is 1. The lowest BCUT2D eigenvalue weighted by Crippen LogP contribution is -2.38. The molecule has 1 heterocycles. The maximum absolute atomic E-state index is 12.1. The van der Waals surface area contributed by atoms with Crippen molar-refractivity contribution >= 4 is 5.91 Å². The van der Waals surface area contributed by atoms with Gasteiger partial charge in [-0.2, -0.15) is 0 Å². The molecule has 1 saturated carbocycles. The predicted molar refractivity (Wildman–Crippen MR) is 65.0 cm³/mol. The standard InChI is InChI=1S/C13H24N2O/c1-3-11-13(16)15(12(4-2)14-11)9-8-10-6-5-7-10/h10-12,14H,3-9H2,1-2H3. The lowest BCUT2D eigenvalue weighted by Gasteiger charge is -2.29. The van der Waals surface area contributed by atoms with E-state index < -0.39 is 0 Å². The first kappa shape index (κ1) is 11.9. The smallest absolute Gasteiger partial charge is 0.241 e. The van der Waals surface area contributed by atoms with Crippen molar-refractivity contribution in [2.24, 2.45) is 5.92 Å². The first-order valence-corrected chi connectivity index (χ1v) is 6.82. The van der Waals surface area contributed by atoms with Crippen LogP contribution in [0.25, 0.3) is 0 Å². The van der Waals surface area contributed by atoms with Gasteiger partial charge in [0.15, 0.2) is 0 Å². The number of hydrogen-bond acceptors (Lipinski definition) is 2. The molecule has 1 saturated heterocycles. The Hall–Kier alpha value is -0.570. The molecule has 0 aromatic rings. The van der Waals surface area contributed by atoms with Crippen molar-refractivity contribution in [3.8, 4) is 0 Å². The van der Waals surface area contributed by atoms with Crippen LogP contribution in [0.2, 0.25) is 0 Å². The van der Waals surface area contributed by atoms with E-state index in [9.17, 15) is 4.79 Å². The van der Waals surface area contributed by atoms with E-state index in [1.807, 2.05) is 0 Å². The Labute approximate surface area is 98.6 Å². The summed E-state index contributed by atoms with van der Waals surface area (Å²) >= 11 is 0. The van der Waals surface area contributed by atoms with Gasteiger partial charge < -0.3 is 4.90 Å². The highest BCUT2D eigenvalue weighted by Crippen LogP contribution is 2.30. The Morgan fingerprint density at radius 2 is 2.06 bits per heavy atom. The van der Waals surface area contributed by atoms with Gasteiger partial charge in [0.1, 0.15) is 0 Å². The van der Waals surface area contributed by atoms with Gasteiger partial charge >= 0.3 is 0 Å². The molecule has 16 heavy (non-hydrogen) atoms. The van der Waals surface area contributed by atoms with Crippen molar-refractivity contribution in [2.45, 2.75) is 64.6 Å². The maximum Gasteiger partial charge on any atom is 0.241 e. The molecule has 0 aromatic carbocycles. The molecular weight excluding hydrogens is 200 g/mol. The first-order valence-electron chi connectivity index (χ1n) is 6.82. The Balaban J connectivity index is 1.86. The molecule has 2 unspecified atom stereocenters. The highest BCUT2D eigenvalue weighted by molar-refractivity contribution is 5.84. The summed E-state index contributed by atoms with van der Waals surface area (Å²) < 4.78 is 0. The summed E-state index contributed by atoms with van der Waals surface area (Å²) in [7, 11) is 0. The van der Waals surface area contributed by atoms with Gasteiger partial charge in [0.05, 0.1) is 12.2 Å². The van der Waals surface area contributed by atoms with Crippen LogP contribution in [0.15, 0.2) is 0 Å². The SMILES string of the molecule is CCC1NC(CC)N(CCC2CCC2)C1=O. The minimum Gasteiger partial charge on any atom is -0.326 e. The zero-order valence-corrected chi connectivity index (χ0v) is 10.5. The van der Waals surface area contributed by atoms with Gasteiger partial charge in [0.25, 0.3) is 0 Å². The van der Waals surface area contributed by atoms with Crippen LogP contribution in [0.3, 0.4) is 0 Å². The summed E-state index contributed by atoms with van der Waals surface area (Å²) in [6.45, 7) is 5.20. The third kappa shape index (κ3) is 2.24. The van der Waals surface area contributed by atoms with Crippen molar-refractivity contribution in [1.29, 1.82) is 0 Å². The number of amides is 1. The zero-order chi connectivity index (χ0) is 11.5. The van der Waals surface area contributed by atoms with Gasteiger partial charge in [-0.05, 0) is 25.2 Å². The minimum atomic E-state index is 0.0753. The van der Waals surface area contributed by atoms with Gasteiger partial charge in [0.2, 0.25) is 5.91 Å². The Morgan fingerprint density at radius 1 is 1.31 bits per heavy atom. The molecule has 2 aliphatic rings. The van der Waals surface area contributed by atoms with E-state index in [4.69, 9.17) is 0 Å². The maximum atomic E-state index is 12.1. The molecule has 0 radical (unpaired) electrons. The van der Waals surface area contributed by atoms with Crippen LogP contribution in [0.5, 0.6) is 0 Å². The topological polar surface area (TPSA) is 32.3 Å². The molecule has 3 nitrogen and oxygen atoms in total. The third-order valence-corrected chi connectivity index (χ3v) is 4.15. The summed E-state index contributed by atoms with van der Waals surface area (Å²) in [6.07, 6.45) is 7.58.